The Morgan fingerprint density at radius 2 is 1.66 bits per heavy atom. The molecule has 0 unspecified atom stereocenters. The van der Waals surface area contributed by atoms with Crippen LogP contribution in [0.2, 0.25) is 0 Å². The number of aromatic nitrogens is 1. The summed E-state index contributed by atoms with van der Waals surface area (Å²) in [7, 11) is 0. The van der Waals surface area contributed by atoms with E-state index in [0.29, 0.717) is 37.0 Å². The maximum atomic E-state index is 13.8. The summed E-state index contributed by atoms with van der Waals surface area (Å²) in [6, 6.07) is 16.3. The molecule has 2 fully saturated rings. The third-order valence-electron chi connectivity index (χ3n) is 6.59. The first kappa shape index (κ1) is 21.1. The van der Waals surface area contributed by atoms with E-state index < -0.39 is 0 Å². The highest BCUT2D eigenvalue weighted by molar-refractivity contribution is 7.22. The number of rotatable bonds is 5. The van der Waals surface area contributed by atoms with Crippen molar-refractivity contribution in [3.05, 3.63) is 54.1 Å². The van der Waals surface area contributed by atoms with Crippen molar-refractivity contribution in [2.45, 2.75) is 45.4 Å². The Balaban J connectivity index is 1.42. The van der Waals surface area contributed by atoms with Gasteiger partial charge in [-0.1, -0.05) is 49.4 Å². The summed E-state index contributed by atoms with van der Waals surface area (Å²) in [5.74, 6) is 0.933. The summed E-state index contributed by atoms with van der Waals surface area (Å²) in [5.41, 5.74) is 3.02. The summed E-state index contributed by atoms with van der Waals surface area (Å²) >= 11 is 1.55. The monoisotopic (exact) mass is 447 g/mol. The van der Waals surface area contributed by atoms with Gasteiger partial charge in [-0.05, 0) is 61.4 Å². The van der Waals surface area contributed by atoms with Gasteiger partial charge in [0, 0.05) is 24.9 Å². The van der Waals surface area contributed by atoms with E-state index in [-0.39, 0.29) is 23.7 Å². The number of thiazole rings is 1. The van der Waals surface area contributed by atoms with E-state index in [1.165, 1.54) is 5.56 Å². The molecule has 1 saturated heterocycles. The number of amides is 2. The number of carbonyl (C=O) groups excluding carboxylic acids is 2. The number of anilines is 2. The van der Waals surface area contributed by atoms with Gasteiger partial charge in [0.1, 0.15) is 0 Å². The molecule has 0 spiro atoms. The first-order valence-corrected chi connectivity index (χ1v) is 12.4. The molecule has 2 amide bonds. The highest BCUT2D eigenvalue weighted by Gasteiger charge is 2.37. The lowest BCUT2D eigenvalue weighted by Gasteiger charge is -2.33. The van der Waals surface area contributed by atoms with Crippen LogP contribution in [0.25, 0.3) is 10.2 Å². The maximum Gasteiger partial charge on any atom is 0.236 e. The van der Waals surface area contributed by atoms with Crippen LogP contribution in [0.4, 0.5) is 10.8 Å². The summed E-state index contributed by atoms with van der Waals surface area (Å²) in [6.45, 7) is 5.68. The van der Waals surface area contributed by atoms with E-state index in [0.717, 1.165) is 28.7 Å². The third kappa shape index (κ3) is 4.16. The van der Waals surface area contributed by atoms with Crippen LogP contribution in [0.15, 0.2) is 48.5 Å². The van der Waals surface area contributed by atoms with Crippen molar-refractivity contribution in [3.63, 3.8) is 0 Å². The van der Waals surface area contributed by atoms with Gasteiger partial charge in [-0.15, -0.1) is 0 Å². The molecule has 1 aliphatic heterocycles. The number of likely N-dealkylation sites (tertiary alicyclic amines) is 1. The maximum absolute atomic E-state index is 13.8. The molecule has 1 aromatic heterocycles. The van der Waals surface area contributed by atoms with Gasteiger partial charge in [-0.25, -0.2) is 4.98 Å². The summed E-state index contributed by atoms with van der Waals surface area (Å²) in [4.78, 5) is 34.8. The molecular formula is C26H29N3O2S. The predicted octanol–water partition coefficient (Wildman–Crippen LogP) is 5.73. The van der Waals surface area contributed by atoms with Gasteiger partial charge < -0.3 is 4.90 Å². The zero-order valence-corrected chi connectivity index (χ0v) is 19.5. The van der Waals surface area contributed by atoms with Gasteiger partial charge in [0.2, 0.25) is 11.8 Å². The Morgan fingerprint density at radius 1 is 0.969 bits per heavy atom. The molecule has 32 heavy (non-hydrogen) atoms. The molecule has 0 radical (unpaired) electrons. The van der Waals surface area contributed by atoms with Crippen LogP contribution in [0.1, 0.15) is 51.0 Å². The second-order valence-corrected chi connectivity index (χ2v) is 10.3. The number of nitrogens with zero attached hydrogens (tertiary/aromatic N) is 3. The van der Waals surface area contributed by atoms with Crippen LogP contribution >= 0.6 is 11.3 Å². The average Bonchev–Trinajstić information content (AvgIpc) is 3.58. The van der Waals surface area contributed by atoms with E-state index in [1.54, 1.807) is 16.2 Å². The van der Waals surface area contributed by atoms with Gasteiger partial charge in [0.05, 0.1) is 15.9 Å². The zero-order chi connectivity index (χ0) is 22.2. The molecule has 3 aromatic rings. The molecule has 0 N–H and O–H groups in total. The molecule has 2 aliphatic rings. The van der Waals surface area contributed by atoms with Crippen molar-refractivity contribution in [3.8, 4) is 0 Å². The topological polar surface area (TPSA) is 53.5 Å². The van der Waals surface area contributed by atoms with Gasteiger partial charge in [-0.2, -0.15) is 0 Å². The van der Waals surface area contributed by atoms with Gasteiger partial charge >= 0.3 is 0 Å². The molecule has 166 valence electrons. The normalized spacial score (nSPS) is 17.2. The van der Waals surface area contributed by atoms with Crippen LogP contribution in [0.3, 0.4) is 0 Å². The largest absolute Gasteiger partial charge is 0.342 e. The molecular weight excluding hydrogens is 418 g/mol. The number of benzene rings is 2. The molecule has 2 heterocycles. The van der Waals surface area contributed by atoms with Crippen LogP contribution < -0.4 is 4.90 Å². The average molecular weight is 448 g/mol. The number of fused-ring (bicyclic) bond motifs is 1. The predicted molar refractivity (Wildman–Crippen MR) is 129 cm³/mol. The fourth-order valence-electron chi connectivity index (χ4n) is 4.41. The minimum Gasteiger partial charge on any atom is -0.342 e. The fraction of sp³-hybridized carbons (Fsp3) is 0.423. The van der Waals surface area contributed by atoms with E-state index in [2.05, 4.69) is 26.0 Å². The van der Waals surface area contributed by atoms with Crippen molar-refractivity contribution in [2.75, 3.05) is 18.0 Å². The molecule has 2 aromatic carbocycles. The van der Waals surface area contributed by atoms with Gasteiger partial charge in [0.15, 0.2) is 5.13 Å². The van der Waals surface area contributed by atoms with Crippen molar-refractivity contribution in [1.82, 2.24) is 9.88 Å². The summed E-state index contributed by atoms with van der Waals surface area (Å²) < 4.78 is 1.07. The standard InChI is InChI=1S/C26H29N3O2S/c1-17(2)18-9-11-21(12-10-18)29(26-27-22-5-3-4-6-23(22)32-26)25(31)20-13-15-28(16-14-20)24(30)19-7-8-19/h3-6,9-12,17,19-20H,7-8,13-16H2,1-2H3. The van der Waals surface area contributed by atoms with Crippen LogP contribution in [0, 0.1) is 11.8 Å². The zero-order valence-electron chi connectivity index (χ0n) is 18.7. The quantitative estimate of drug-likeness (QED) is 0.502. The van der Waals surface area contributed by atoms with Crippen molar-refractivity contribution < 1.29 is 9.59 Å². The summed E-state index contributed by atoms with van der Waals surface area (Å²) in [5, 5.41) is 0.713. The highest BCUT2D eigenvalue weighted by atomic mass is 32.1. The lowest BCUT2D eigenvalue weighted by Crippen LogP contribution is -2.44. The summed E-state index contributed by atoms with van der Waals surface area (Å²) in [6.07, 6.45) is 3.47. The van der Waals surface area contributed by atoms with Gasteiger partial charge in [-0.3, -0.25) is 14.5 Å². The van der Waals surface area contributed by atoms with Crippen LogP contribution in [-0.2, 0) is 9.59 Å². The molecule has 1 aliphatic carbocycles. The Morgan fingerprint density at radius 3 is 2.28 bits per heavy atom. The highest BCUT2D eigenvalue weighted by Crippen LogP contribution is 2.37. The van der Waals surface area contributed by atoms with Crippen LogP contribution in [0.5, 0.6) is 0 Å². The second kappa shape index (κ2) is 8.66. The van der Waals surface area contributed by atoms with E-state index in [1.807, 2.05) is 41.3 Å². The lowest BCUT2D eigenvalue weighted by atomic mass is 9.94. The Bertz CT molecular complexity index is 1090. The fourth-order valence-corrected chi connectivity index (χ4v) is 5.41. The van der Waals surface area contributed by atoms with Crippen LogP contribution in [-0.4, -0.2) is 34.8 Å². The van der Waals surface area contributed by atoms with Crippen molar-refractivity contribution >= 4 is 44.2 Å². The molecule has 5 rings (SSSR count). The number of para-hydroxylation sites is 1. The van der Waals surface area contributed by atoms with E-state index in [4.69, 9.17) is 4.98 Å². The van der Waals surface area contributed by atoms with Crippen molar-refractivity contribution in [2.24, 2.45) is 11.8 Å². The second-order valence-electron chi connectivity index (χ2n) is 9.26. The Kier molecular flexibility index (Phi) is 5.72. The number of hydrogen-bond acceptors (Lipinski definition) is 4. The minimum atomic E-state index is -0.102. The third-order valence-corrected chi connectivity index (χ3v) is 7.62. The smallest absolute Gasteiger partial charge is 0.236 e. The van der Waals surface area contributed by atoms with Gasteiger partial charge in [0.25, 0.3) is 0 Å². The molecule has 5 nitrogen and oxygen atoms in total. The molecule has 6 heteroatoms. The minimum absolute atomic E-state index is 0.0832. The molecule has 1 saturated carbocycles. The SMILES string of the molecule is CC(C)c1ccc(N(C(=O)C2CCN(C(=O)C3CC3)CC2)c2nc3ccccc3s2)cc1. The molecule has 0 atom stereocenters. The number of carbonyl (C=O) groups is 2. The Labute approximate surface area is 193 Å². The number of hydrogen-bond donors (Lipinski definition) is 0. The van der Waals surface area contributed by atoms with E-state index >= 15 is 0 Å². The van der Waals surface area contributed by atoms with Crippen molar-refractivity contribution in [1.29, 1.82) is 0 Å². The Hall–Kier alpha value is -2.73. The lowest BCUT2D eigenvalue weighted by molar-refractivity contribution is -0.135. The first-order valence-electron chi connectivity index (χ1n) is 11.6. The van der Waals surface area contributed by atoms with E-state index in [9.17, 15) is 9.59 Å². The number of piperidine rings is 1. The first-order chi connectivity index (χ1) is 15.5. The molecule has 0 bridgehead atoms.